The van der Waals surface area contributed by atoms with Crippen LogP contribution in [0.1, 0.15) is 6.42 Å². The van der Waals surface area contributed by atoms with E-state index < -0.39 is 0 Å². The van der Waals surface area contributed by atoms with Gasteiger partial charge in [0.25, 0.3) is 0 Å². The number of nitrogens with one attached hydrogen (secondary N) is 2. The standard InChI is InChI=1S/C5H10N2O/c1-2-6-5-7-3-4(1)8-5/h4-7H,1-3H2. The van der Waals surface area contributed by atoms with Crippen LogP contribution in [0.5, 0.6) is 0 Å². The minimum atomic E-state index is 0.161. The maximum absolute atomic E-state index is 5.38. The Morgan fingerprint density at radius 1 is 1.38 bits per heavy atom. The predicted octanol–water partition coefficient (Wildman–Crippen LogP) is -0.748. The van der Waals surface area contributed by atoms with Gasteiger partial charge in [0, 0.05) is 13.1 Å². The van der Waals surface area contributed by atoms with Gasteiger partial charge in [0.1, 0.15) is 0 Å². The van der Waals surface area contributed by atoms with E-state index in [0.29, 0.717) is 6.10 Å². The van der Waals surface area contributed by atoms with Crippen molar-refractivity contribution in [1.29, 1.82) is 0 Å². The van der Waals surface area contributed by atoms with Gasteiger partial charge in [0.05, 0.1) is 6.10 Å². The fourth-order valence-electron chi connectivity index (χ4n) is 1.19. The van der Waals surface area contributed by atoms with Gasteiger partial charge in [-0.25, -0.2) is 0 Å². The third kappa shape index (κ3) is 0.632. The zero-order valence-corrected chi connectivity index (χ0v) is 4.68. The molecule has 3 heteroatoms. The van der Waals surface area contributed by atoms with E-state index in [0.717, 1.165) is 19.5 Å². The third-order valence-electron chi connectivity index (χ3n) is 1.66. The summed E-state index contributed by atoms with van der Waals surface area (Å²) in [6.07, 6.45) is 1.80. The molecule has 2 fully saturated rings. The van der Waals surface area contributed by atoms with Crippen molar-refractivity contribution in [1.82, 2.24) is 10.6 Å². The second-order valence-electron chi connectivity index (χ2n) is 2.29. The highest BCUT2D eigenvalue weighted by Crippen LogP contribution is 2.10. The van der Waals surface area contributed by atoms with Gasteiger partial charge in [-0.2, -0.15) is 0 Å². The number of rotatable bonds is 0. The molecule has 0 aromatic heterocycles. The molecule has 0 spiro atoms. The van der Waals surface area contributed by atoms with E-state index in [2.05, 4.69) is 10.6 Å². The van der Waals surface area contributed by atoms with Crippen LogP contribution in [0.15, 0.2) is 0 Å². The first-order chi connectivity index (χ1) is 3.95. The van der Waals surface area contributed by atoms with E-state index in [9.17, 15) is 0 Å². The van der Waals surface area contributed by atoms with Crippen molar-refractivity contribution in [3.05, 3.63) is 0 Å². The summed E-state index contributed by atoms with van der Waals surface area (Å²) in [6.45, 7) is 2.12. The average Bonchev–Trinajstić information content (AvgIpc) is 2.12. The van der Waals surface area contributed by atoms with Gasteiger partial charge >= 0.3 is 0 Å². The lowest BCUT2D eigenvalue weighted by Gasteiger charge is -2.19. The fourth-order valence-corrected chi connectivity index (χ4v) is 1.19. The first-order valence-electron chi connectivity index (χ1n) is 3.07. The van der Waals surface area contributed by atoms with Crippen LogP contribution in [-0.2, 0) is 4.74 Å². The topological polar surface area (TPSA) is 33.3 Å². The summed E-state index contributed by atoms with van der Waals surface area (Å²) in [4.78, 5) is 0. The van der Waals surface area contributed by atoms with Crippen molar-refractivity contribution in [3.8, 4) is 0 Å². The maximum atomic E-state index is 5.38. The van der Waals surface area contributed by atoms with Crippen LogP contribution in [0, 0.1) is 0 Å². The second-order valence-corrected chi connectivity index (χ2v) is 2.29. The molecule has 2 saturated heterocycles. The minimum absolute atomic E-state index is 0.161. The third-order valence-corrected chi connectivity index (χ3v) is 1.66. The quantitative estimate of drug-likeness (QED) is 0.435. The molecule has 2 unspecified atom stereocenters. The van der Waals surface area contributed by atoms with E-state index in [4.69, 9.17) is 4.74 Å². The molecule has 46 valence electrons. The molecule has 0 aromatic rings. The van der Waals surface area contributed by atoms with Crippen LogP contribution in [-0.4, -0.2) is 25.5 Å². The van der Waals surface area contributed by atoms with Crippen LogP contribution in [0.25, 0.3) is 0 Å². The molecule has 2 heterocycles. The van der Waals surface area contributed by atoms with Crippen molar-refractivity contribution in [3.63, 3.8) is 0 Å². The van der Waals surface area contributed by atoms with Crippen molar-refractivity contribution >= 4 is 0 Å². The predicted molar refractivity (Wildman–Crippen MR) is 29.3 cm³/mol. The van der Waals surface area contributed by atoms with Crippen LogP contribution >= 0.6 is 0 Å². The molecular weight excluding hydrogens is 104 g/mol. The Bertz CT molecular complexity index is 82.4. The summed E-state index contributed by atoms with van der Waals surface area (Å²) in [5.74, 6) is 0. The van der Waals surface area contributed by atoms with E-state index in [-0.39, 0.29) is 6.35 Å². The molecule has 0 saturated carbocycles. The highest BCUT2D eigenvalue weighted by Gasteiger charge is 2.27. The largest absolute Gasteiger partial charge is 0.345 e. The van der Waals surface area contributed by atoms with Crippen LogP contribution in [0.3, 0.4) is 0 Å². The lowest BCUT2D eigenvalue weighted by molar-refractivity contribution is -0.0104. The molecule has 8 heavy (non-hydrogen) atoms. The van der Waals surface area contributed by atoms with Gasteiger partial charge in [0.2, 0.25) is 0 Å². The summed E-state index contributed by atoms with van der Waals surface area (Å²) in [6, 6.07) is 0. The molecule has 0 amide bonds. The smallest absolute Gasteiger partial charge is 0.164 e. The fraction of sp³-hybridized carbons (Fsp3) is 1.00. The van der Waals surface area contributed by atoms with E-state index >= 15 is 0 Å². The van der Waals surface area contributed by atoms with Crippen LogP contribution < -0.4 is 10.6 Å². The second kappa shape index (κ2) is 1.69. The molecule has 2 aliphatic heterocycles. The molecule has 3 nitrogen and oxygen atoms in total. The summed E-state index contributed by atoms with van der Waals surface area (Å²) in [5, 5.41) is 6.36. The lowest BCUT2D eigenvalue weighted by atomic mass is 10.2. The Morgan fingerprint density at radius 3 is 3.12 bits per heavy atom. The zero-order chi connectivity index (χ0) is 5.40. The van der Waals surface area contributed by atoms with Gasteiger partial charge in [-0.05, 0) is 6.42 Å². The number of ether oxygens (including phenoxy) is 1. The molecule has 2 bridgehead atoms. The SMILES string of the molecule is C1CC2CNC(N1)O2. The first kappa shape index (κ1) is 4.73. The molecule has 0 aliphatic carbocycles. The molecule has 0 aromatic carbocycles. The van der Waals surface area contributed by atoms with Gasteiger partial charge in [-0.3, -0.25) is 10.6 Å². The van der Waals surface area contributed by atoms with Gasteiger partial charge < -0.3 is 4.74 Å². The number of fused-ring (bicyclic) bond motifs is 2. The Morgan fingerprint density at radius 2 is 2.38 bits per heavy atom. The molecule has 2 N–H and O–H groups in total. The Hall–Kier alpha value is -0.120. The maximum Gasteiger partial charge on any atom is 0.164 e. The Balaban J connectivity index is 2.03. The first-order valence-corrected chi connectivity index (χ1v) is 3.07. The number of hydrogen-bond acceptors (Lipinski definition) is 3. The van der Waals surface area contributed by atoms with Gasteiger partial charge in [-0.15, -0.1) is 0 Å². The van der Waals surface area contributed by atoms with Gasteiger partial charge in [-0.1, -0.05) is 0 Å². The lowest BCUT2D eigenvalue weighted by Crippen LogP contribution is -2.41. The molecule has 0 radical (unpaired) electrons. The average molecular weight is 114 g/mol. The normalized spacial score (nSPS) is 45.0. The number of hydrogen-bond donors (Lipinski definition) is 2. The highest BCUT2D eigenvalue weighted by molar-refractivity contribution is 4.77. The Labute approximate surface area is 48.4 Å². The highest BCUT2D eigenvalue weighted by atomic mass is 16.5. The summed E-state index contributed by atoms with van der Waals surface area (Å²) in [7, 11) is 0. The zero-order valence-electron chi connectivity index (χ0n) is 4.68. The Kier molecular flexibility index (Phi) is 0.997. The molecule has 2 atom stereocenters. The minimum Gasteiger partial charge on any atom is -0.345 e. The van der Waals surface area contributed by atoms with Crippen molar-refractivity contribution < 1.29 is 4.74 Å². The van der Waals surface area contributed by atoms with Crippen molar-refractivity contribution in [2.24, 2.45) is 0 Å². The summed E-state index contributed by atoms with van der Waals surface area (Å²) in [5.41, 5.74) is 0. The van der Waals surface area contributed by atoms with Gasteiger partial charge in [0.15, 0.2) is 6.35 Å². The monoisotopic (exact) mass is 114 g/mol. The van der Waals surface area contributed by atoms with E-state index in [1.807, 2.05) is 0 Å². The van der Waals surface area contributed by atoms with Crippen molar-refractivity contribution in [2.45, 2.75) is 18.9 Å². The summed E-state index contributed by atoms with van der Waals surface area (Å²) < 4.78 is 5.38. The van der Waals surface area contributed by atoms with Crippen molar-refractivity contribution in [2.75, 3.05) is 13.1 Å². The van der Waals surface area contributed by atoms with E-state index in [1.54, 1.807) is 0 Å². The van der Waals surface area contributed by atoms with E-state index in [1.165, 1.54) is 0 Å². The van der Waals surface area contributed by atoms with Crippen LogP contribution in [0.2, 0.25) is 0 Å². The summed E-state index contributed by atoms with van der Waals surface area (Å²) >= 11 is 0. The van der Waals surface area contributed by atoms with Crippen LogP contribution in [0.4, 0.5) is 0 Å². The molecule has 2 aliphatic rings. The molecular formula is C5H10N2O. The molecule has 2 rings (SSSR count).